The minimum absolute atomic E-state index is 0.575. The largest absolute Gasteiger partial charge is 0.398 e. The van der Waals surface area contributed by atoms with E-state index in [2.05, 4.69) is 65.4 Å². The Morgan fingerprint density at radius 2 is 1.80 bits per heavy atom. The Morgan fingerprint density at radius 1 is 1.15 bits per heavy atom. The topological polar surface area (TPSA) is 38.0 Å². The maximum atomic E-state index is 5.88. The third-order valence-corrected chi connectivity index (χ3v) is 4.14. The fraction of sp³-hybridized carbons (Fsp3) is 0.294. The molecule has 2 rings (SSSR count). The zero-order chi connectivity index (χ0) is 14.7. The van der Waals surface area contributed by atoms with Gasteiger partial charge in [-0.05, 0) is 57.6 Å². The number of rotatable bonds is 4. The van der Waals surface area contributed by atoms with Gasteiger partial charge in [-0.15, -0.1) is 0 Å². The highest BCUT2D eigenvalue weighted by molar-refractivity contribution is 9.10. The predicted octanol–water partition coefficient (Wildman–Crippen LogP) is 5.08. The van der Waals surface area contributed by atoms with Crippen molar-refractivity contribution in [3.8, 4) is 0 Å². The van der Waals surface area contributed by atoms with E-state index in [9.17, 15) is 0 Å². The van der Waals surface area contributed by atoms with Crippen molar-refractivity contribution in [3.63, 3.8) is 0 Å². The third kappa shape index (κ3) is 3.54. The SMILES string of the molecule is Cc1cc(NCc2ccc(C(C)C)cc2)c(Br)cc1N. The molecule has 0 aliphatic rings. The number of nitrogens with one attached hydrogen (secondary N) is 1. The quantitative estimate of drug-likeness (QED) is 0.766. The lowest BCUT2D eigenvalue weighted by molar-refractivity contribution is 0.865. The summed E-state index contributed by atoms with van der Waals surface area (Å²) in [6, 6.07) is 12.8. The number of benzene rings is 2. The number of hydrogen-bond acceptors (Lipinski definition) is 2. The van der Waals surface area contributed by atoms with Crippen LogP contribution in [-0.4, -0.2) is 0 Å². The maximum absolute atomic E-state index is 5.88. The van der Waals surface area contributed by atoms with Crippen LogP contribution in [0, 0.1) is 6.92 Å². The molecule has 0 bridgehead atoms. The lowest BCUT2D eigenvalue weighted by Gasteiger charge is -2.12. The summed E-state index contributed by atoms with van der Waals surface area (Å²) in [4.78, 5) is 0. The van der Waals surface area contributed by atoms with Gasteiger partial charge in [-0.1, -0.05) is 38.1 Å². The second-order valence-corrected chi connectivity index (χ2v) is 6.29. The molecule has 0 saturated heterocycles. The average Bonchev–Trinajstić information content (AvgIpc) is 2.42. The molecule has 0 aliphatic heterocycles. The van der Waals surface area contributed by atoms with E-state index in [1.165, 1.54) is 11.1 Å². The van der Waals surface area contributed by atoms with Crippen LogP contribution in [0.1, 0.15) is 36.5 Å². The van der Waals surface area contributed by atoms with Crippen molar-refractivity contribution >= 4 is 27.3 Å². The molecule has 3 heteroatoms. The van der Waals surface area contributed by atoms with Gasteiger partial charge in [-0.3, -0.25) is 0 Å². The second kappa shape index (κ2) is 6.31. The van der Waals surface area contributed by atoms with E-state index in [0.29, 0.717) is 5.92 Å². The number of nitrogens with two attached hydrogens (primary N) is 1. The summed E-state index contributed by atoms with van der Waals surface area (Å²) in [5, 5.41) is 3.44. The fourth-order valence-corrected chi connectivity index (χ4v) is 2.55. The lowest BCUT2D eigenvalue weighted by Crippen LogP contribution is -2.02. The van der Waals surface area contributed by atoms with Crippen LogP contribution < -0.4 is 11.1 Å². The van der Waals surface area contributed by atoms with Crippen molar-refractivity contribution in [2.24, 2.45) is 0 Å². The Labute approximate surface area is 129 Å². The van der Waals surface area contributed by atoms with Crippen molar-refractivity contribution in [1.29, 1.82) is 0 Å². The van der Waals surface area contributed by atoms with Crippen molar-refractivity contribution in [1.82, 2.24) is 0 Å². The van der Waals surface area contributed by atoms with Gasteiger partial charge in [0.1, 0.15) is 0 Å². The minimum Gasteiger partial charge on any atom is -0.398 e. The van der Waals surface area contributed by atoms with Crippen molar-refractivity contribution in [2.45, 2.75) is 33.2 Å². The summed E-state index contributed by atoms with van der Waals surface area (Å²) < 4.78 is 0.999. The molecule has 20 heavy (non-hydrogen) atoms. The molecule has 0 aromatic heterocycles. The molecule has 0 radical (unpaired) electrons. The van der Waals surface area contributed by atoms with Crippen LogP contribution >= 0.6 is 15.9 Å². The number of halogens is 1. The first-order chi connectivity index (χ1) is 9.47. The normalized spacial score (nSPS) is 10.8. The van der Waals surface area contributed by atoms with E-state index in [-0.39, 0.29) is 0 Å². The highest BCUT2D eigenvalue weighted by atomic mass is 79.9. The van der Waals surface area contributed by atoms with Crippen molar-refractivity contribution in [2.75, 3.05) is 11.1 Å². The third-order valence-electron chi connectivity index (χ3n) is 3.49. The van der Waals surface area contributed by atoms with Crippen molar-refractivity contribution in [3.05, 3.63) is 57.6 Å². The van der Waals surface area contributed by atoms with Crippen LogP contribution in [0.5, 0.6) is 0 Å². The lowest BCUT2D eigenvalue weighted by atomic mass is 10.0. The Balaban J connectivity index is 2.07. The number of nitrogen functional groups attached to an aromatic ring is 1. The number of aryl methyl sites for hydroxylation is 1. The van der Waals surface area contributed by atoms with Crippen LogP contribution in [0.2, 0.25) is 0 Å². The molecular formula is C17H21BrN2. The van der Waals surface area contributed by atoms with Gasteiger partial charge in [0.05, 0.1) is 0 Å². The summed E-state index contributed by atoms with van der Waals surface area (Å²) in [7, 11) is 0. The van der Waals surface area contributed by atoms with Gasteiger partial charge in [-0.25, -0.2) is 0 Å². The van der Waals surface area contributed by atoms with Crippen LogP contribution in [0.25, 0.3) is 0 Å². The molecule has 0 saturated carbocycles. The summed E-state index contributed by atoms with van der Waals surface area (Å²) in [6.45, 7) is 7.24. The Hall–Kier alpha value is -1.48. The number of hydrogen-bond donors (Lipinski definition) is 2. The van der Waals surface area contributed by atoms with Crippen LogP contribution in [0.15, 0.2) is 40.9 Å². The van der Waals surface area contributed by atoms with Gasteiger partial charge >= 0.3 is 0 Å². The van der Waals surface area contributed by atoms with Gasteiger partial charge in [0, 0.05) is 22.4 Å². The first-order valence-corrected chi connectivity index (χ1v) is 7.65. The Morgan fingerprint density at radius 3 is 2.40 bits per heavy atom. The molecule has 0 fully saturated rings. The molecule has 2 aromatic carbocycles. The molecule has 0 unspecified atom stereocenters. The zero-order valence-electron chi connectivity index (χ0n) is 12.2. The van der Waals surface area contributed by atoms with E-state index in [4.69, 9.17) is 5.73 Å². The van der Waals surface area contributed by atoms with Crippen LogP contribution in [0.4, 0.5) is 11.4 Å². The monoisotopic (exact) mass is 332 g/mol. The van der Waals surface area contributed by atoms with Crippen LogP contribution in [0.3, 0.4) is 0 Å². The molecule has 0 atom stereocenters. The average molecular weight is 333 g/mol. The van der Waals surface area contributed by atoms with Gasteiger partial charge < -0.3 is 11.1 Å². The Kier molecular flexibility index (Phi) is 4.71. The predicted molar refractivity (Wildman–Crippen MR) is 91.1 cm³/mol. The van der Waals surface area contributed by atoms with E-state index >= 15 is 0 Å². The highest BCUT2D eigenvalue weighted by Gasteiger charge is 2.04. The molecule has 3 N–H and O–H groups in total. The first-order valence-electron chi connectivity index (χ1n) is 6.85. The maximum Gasteiger partial charge on any atom is 0.0491 e. The molecule has 0 spiro atoms. The molecule has 2 nitrogen and oxygen atoms in total. The summed E-state index contributed by atoms with van der Waals surface area (Å²) in [5.41, 5.74) is 11.5. The molecule has 0 amide bonds. The van der Waals surface area contributed by atoms with Crippen molar-refractivity contribution < 1.29 is 0 Å². The molecular weight excluding hydrogens is 312 g/mol. The number of anilines is 2. The molecule has 0 aliphatic carbocycles. The Bertz CT molecular complexity index is 589. The van der Waals surface area contributed by atoms with E-state index < -0.39 is 0 Å². The standard InChI is InChI=1S/C17H21BrN2/c1-11(2)14-6-4-13(5-7-14)10-20-17-8-12(3)16(19)9-15(17)18/h4-9,11,20H,10,19H2,1-3H3. The highest BCUT2D eigenvalue weighted by Crippen LogP contribution is 2.28. The van der Waals surface area contributed by atoms with Gasteiger partial charge in [-0.2, -0.15) is 0 Å². The van der Waals surface area contributed by atoms with E-state index in [1.54, 1.807) is 0 Å². The first kappa shape index (κ1) is 14.9. The summed E-state index contributed by atoms with van der Waals surface area (Å²) >= 11 is 3.54. The van der Waals surface area contributed by atoms with Gasteiger partial charge in [0.15, 0.2) is 0 Å². The van der Waals surface area contributed by atoms with Gasteiger partial charge in [0.25, 0.3) is 0 Å². The molecule has 2 aromatic rings. The second-order valence-electron chi connectivity index (χ2n) is 5.44. The van der Waals surface area contributed by atoms with E-state index in [1.807, 2.05) is 13.0 Å². The van der Waals surface area contributed by atoms with E-state index in [0.717, 1.165) is 28.0 Å². The smallest absolute Gasteiger partial charge is 0.0491 e. The van der Waals surface area contributed by atoms with Gasteiger partial charge in [0.2, 0.25) is 0 Å². The fourth-order valence-electron chi connectivity index (χ4n) is 2.05. The summed E-state index contributed by atoms with van der Waals surface area (Å²) in [5.74, 6) is 0.575. The molecule has 106 valence electrons. The summed E-state index contributed by atoms with van der Waals surface area (Å²) in [6.07, 6.45) is 0. The minimum atomic E-state index is 0.575. The van der Waals surface area contributed by atoms with Crippen LogP contribution in [-0.2, 0) is 6.54 Å². The zero-order valence-corrected chi connectivity index (χ0v) is 13.8. The molecule has 0 heterocycles.